The molecule has 0 unspecified atom stereocenters. The second kappa shape index (κ2) is 6.29. The zero-order chi connectivity index (χ0) is 15.5. The van der Waals surface area contributed by atoms with Crippen LogP contribution in [0.25, 0.3) is 0 Å². The molecule has 4 nitrogen and oxygen atoms in total. The molecular weight excluding hydrogens is 264 g/mol. The third-order valence-corrected chi connectivity index (χ3v) is 4.53. The van der Waals surface area contributed by atoms with Crippen molar-refractivity contribution in [3.63, 3.8) is 0 Å². The summed E-state index contributed by atoms with van der Waals surface area (Å²) in [5.74, 6) is 0.00349. The minimum Gasteiger partial charge on any atom is -0.340 e. The highest BCUT2D eigenvalue weighted by atomic mass is 16.2. The maximum atomic E-state index is 12.7. The highest BCUT2D eigenvalue weighted by Gasteiger charge is 2.43. The Hall–Kier alpha value is -1.84. The van der Waals surface area contributed by atoms with Gasteiger partial charge in [0.2, 0.25) is 11.8 Å². The van der Waals surface area contributed by atoms with Gasteiger partial charge in [0, 0.05) is 6.54 Å². The topological polar surface area (TPSA) is 49.4 Å². The van der Waals surface area contributed by atoms with Crippen LogP contribution in [-0.4, -0.2) is 35.3 Å². The molecule has 2 rings (SSSR count). The number of hydrogen-bond acceptors (Lipinski definition) is 2. The van der Waals surface area contributed by atoms with Gasteiger partial charge in [-0.3, -0.25) is 9.59 Å². The minimum atomic E-state index is -0.707. The van der Waals surface area contributed by atoms with Crippen molar-refractivity contribution in [1.82, 2.24) is 10.2 Å². The number of nitrogens with zero attached hydrogens (tertiary/aromatic N) is 1. The highest BCUT2D eigenvalue weighted by Crippen LogP contribution is 2.22. The first kappa shape index (κ1) is 15.5. The minimum absolute atomic E-state index is 0.0527. The molecule has 0 aromatic heterocycles. The Bertz CT molecular complexity index is 535. The summed E-state index contributed by atoms with van der Waals surface area (Å²) in [4.78, 5) is 26.3. The lowest BCUT2D eigenvalue weighted by atomic mass is 9.88. The molecule has 1 aromatic carbocycles. The quantitative estimate of drug-likeness (QED) is 0.901. The Morgan fingerprint density at radius 1 is 1.19 bits per heavy atom. The van der Waals surface area contributed by atoms with Gasteiger partial charge in [0.15, 0.2) is 0 Å². The van der Waals surface area contributed by atoms with Gasteiger partial charge < -0.3 is 10.2 Å². The first-order valence-corrected chi connectivity index (χ1v) is 7.67. The van der Waals surface area contributed by atoms with Crippen LogP contribution in [0.2, 0.25) is 0 Å². The van der Waals surface area contributed by atoms with Crippen molar-refractivity contribution in [2.75, 3.05) is 13.1 Å². The lowest BCUT2D eigenvalue weighted by Crippen LogP contribution is -2.66. The van der Waals surface area contributed by atoms with Gasteiger partial charge in [-0.15, -0.1) is 0 Å². The molecule has 1 heterocycles. The van der Waals surface area contributed by atoms with E-state index in [2.05, 4.69) is 24.4 Å². The van der Waals surface area contributed by atoms with Crippen LogP contribution in [0.3, 0.4) is 0 Å². The van der Waals surface area contributed by atoms with Crippen molar-refractivity contribution in [3.05, 3.63) is 35.4 Å². The molecule has 21 heavy (non-hydrogen) atoms. The van der Waals surface area contributed by atoms with Crippen LogP contribution < -0.4 is 5.32 Å². The fraction of sp³-hybridized carbons (Fsp3) is 0.529. The normalized spacial score (nSPS) is 17.8. The number of hydrogen-bond donors (Lipinski definition) is 1. The third-order valence-electron chi connectivity index (χ3n) is 4.53. The zero-order valence-corrected chi connectivity index (χ0v) is 13.1. The number of rotatable bonds is 5. The van der Waals surface area contributed by atoms with Crippen molar-refractivity contribution in [3.8, 4) is 0 Å². The molecule has 1 saturated heterocycles. The summed E-state index contributed by atoms with van der Waals surface area (Å²) in [6, 6.07) is 8.17. The fourth-order valence-corrected chi connectivity index (χ4v) is 2.96. The van der Waals surface area contributed by atoms with Crippen LogP contribution in [0.15, 0.2) is 24.3 Å². The van der Waals surface area contributed by atoms with Crippen molar-refractivity contribution in [1.29, 1.82) is 0 Å². The summed E-state index contributed by atoms with van der Waals surface area (Å²) in [6.45, 7) is 6.74. The second-order valence-electron chi connectivity index (χ2n) is 5.74. The van der Waals surface area contributed by atoms with E-state index in [0.29, 0.717) is 19.4 Å². The molecule has 0 atom stereocenters. The predicted octanol–water partition coefficient (Wildman–Crippen LogP) is 2.05. The molecule has 2 amide bonds. The van der Waals surface area contributed by atoms with Crippen LogP contribution in [-0.2, 0) is 16.0 Å². The van der Waals surface area contributed by atoms with Crippen LogP contribution >= 0.6 is 0 Å². The largest absolute Gasteiger partial charge is 0.340 e. The number of aryl methyl sites for hydroxylation is 1. The number of benzene rings is 1. The third kappa shape index (κ3) is 3.09. The molecule has 0 bridgehead atoms. The van der Waals surface area contributed by atoms with Crippen LogP contribution in [0, 0.1) is 6.92 Å². The highest BCUT2D eigenvalue weighted by molar-refractivity contribution is 5.97. The molecule has 1 N–H and O–H groups in total. The van der Waals surface area contributed by atoms with E-state index in [1.54, 1.807) is 4.90 Å². The first-order valence-electron chi connectivity index (χ1n) is 7.67. The van der Waals surface area contributed by atoms with E-state index >= 15 is 0 Å². The number of piperazine rings is 1. The lowest BCUT2D eigenvalue weighted by molar-refractivity contribution is -0.150. The smallest absolute Gasteiger partial charge is 0.248 e. The number of carbonyl (C=O) groups excluding carboxylic acids is 2. The van der Waals surface area contributed by atoms with Crippen LogP contribution in [0.1, 0.15) is 37.8 Å². The molecule has 0 radical (unpaired) electrons. The SMILES string of the molecule is CCC1(CC)NC(=O)CN(CCc2ccccc2C)C1=O. The molecular formula is C17H24N2O2. The van der Waals surface area contributed by atoms with Gasteiger partial charge >= 0.3 is 0 Å². The Balaban J connectivity index is 2.10. The lowest BCUT2D eigenvalue weighted by Gasteiger charge is -2.41. The molecule has 1 aromatic rings. The Morgan fingerprint density at radius 2 is 1.86 bits per heavy atom. The van der Waals surface area contributed by atoms with E-state index in [4.69, 9.17) is 0 Å². The Morgan fingerprint density at radius 3 is 2.48 bits per heavy atom. The fourth-order valence-electron chi connectivity index (χ4n) is 2.96. The predicted molar refractivity (Wildman–Crippen MR) is 82.9 cm³/mol. The molecule has 1 fully saturated rings. The summed E-state index contributed by atoms with van der Waals surface area (Å²) in [5.41, 5.74) is 1.75. The van der Waals surface area contributed by atoms with E-state index in [-0.39, 0.29) is 18.4 Å². The van der Waals surface area contributed by atoms with Gasteiger partial charge in [-0.1, -0.05) is 38.1 Å². The molecule has 0 aliphatic carbocycles. The summed E-state index contributed by atoms with van der Waals surface area (Å²) in [6.07, 6.45) is 2.05. The van der Waals surface area contributed by atoms with E-state index in [1.165, 1.54) is 11.1 Å². The van der Waals surface area contributed by atoms with E-state index in [1.807, 2.05) is 26.0 Å². The van der Waals surface area contributed by atoms with Gasteiger partial charge in [0.25, 0.3) is 0 Å². The van der Waals surface area contributed by atoms with Gasteiger partial charge in [0.05, 0.1) is 6.54 Å². The molecule has 1 aliphatic heterocycles. The van der Waals surface area contributed by atoms with Crippen molar-refractivity contribution in [2.45, 2.75) is 45.6 Å². The maximum Gasteiger partial charge on any atom is 0.248 e. The molecule has 0 saturated carbocycles. The number of carbonyl (C=O) groups is 2. The standard InChI is InChI=1S/C17H24N2O2/c1-4-17(5-2)16(21)19(12-15(20)18-17)11-10-14-9-7-6-8-13(14)3/h6-9H,4-5,10-12H2,1-3H3,(H,18,20). The summed E-state index contributed by atoms with van der Waals surface area (Å²) in [5, 5.41) is 2.89. The molecule has 1 aliphatic rings. The molecule has 4 heteroatoms. The first-order chi connectivity index (χ1) is 10.0. The second-order valence-corrected chi connectivity index (χ2v) is 5.74. The van der Waals surface area contributed by atoms with E-state index in [0.717, 1.165) is 6.42 Å². The average Bonchev–Trinajstić information content (AvgIpc) is 2.49. The van der Waals surface area contributed by atoms with E-state index in [9.17, 15) is 9.59 Å². The number of nitrogens with one attached hydrogen (secondary N) is 1. The maximum absolute atomic E-state index is 12.7. The van der Waals surface area contributed by atoms with Crippen LogP contribution in [0.4, 0.5) is 0 Å². The summed E-state index contributed by atoms with van der Waals surface area (Å²) < 4.78 is 0. The van der Waals surface area contributed by atoms with Gasteiger partial charge in [0.1, 0.15) is 5.54 Å². The van der Waals surface area contributed by atoms with Gasteiger partial charge in [-0.25, -0.2) is 0 Å². The van der Waals surface area contributed by atoms with E-state index < -0.39 is 5.54 Å². The van der Waals surface area contributed by atoms with Gasteiger partial charge in [-0.05, 0) is 37.3 Å². The Kier molecular flexibility index (Phi) is 4.66. The molecule has 114 valence electrons. The zero-order valence-electron chi connectivity index (χ0n) is 13.1. The van der Waals surface area contributed by atoms with Crippen molar-refractivity contribution in [2.24, 2.45) is 0 Å². The Labute approximate surface area is 126 Å². The van der Waals surface area contributed by atoms with Crippen LogP contribution in [0.5, 0.6) is 0 Å². The summed E-state index contributed by atoms with van der Waals surface area (Å²) >= 11 is 0. The molecule has 0 spiro atoms. The average molecular weight is 288 g/mol. The monoisotopic (exact) mass is 288 g/mol. The van der Waals surface area contributed by atoms with Crippen molar-refractivity contribution < 1.29 is 9.59 Å². The van der Waals surface area contributed by atoms with Crippen molar-refractivity contribution >= 4 is 11.8 Å². The summed E-state index contributed by atoms with van der Waals surface area (Å²) in [7, 11) is 0. The number of amides is 2. The van der Waals surface area contributed by atoms with Gasteiger partial charge in [-0.2, -0.15) is 0 Å².